The fourth-order valence-electron chi connectivity index (χ4n) is 4.76. The van der Waals surface area contributed by atoms with Crippen LogP contribution in [0.2, 0.25) is 5.02 Å². The van der Waals surface area contributed by atoms with Gasteiger partial charge in [0.2, 0.25) is 0 Å². The van der Waals surface area contributed by atoms with Gasteiger partial charge in [-0.2, -0.15) is 0 Å². The third-order valence-electron chi connectivity index (χ3n) is 6.20. The van der Waals surface area contributed by atoms with Gasteiger partial charge in [-0.15, -0.1) is 0 Å². The van der Waals surface area contributed by atoms with Crippen molar-refractivity contribution < 1.29 is 13.9 Å². The highest BCUT2D eigenvalue weighted by Gasteiger charge is 2.56. The van der Waals surface area contributed by atoms with Crippen molar-refractivity contribution in [3.8, 4) is 16.9 Å². The molecule has 2 atom stereocenters. The van der Waals surface area contributed by atoms with E-state index < -0.39 is 17.0 Å². The van der Waals surface area contributed by atoms with Crippen molar-refractivity contribution in [2.24, 2.45) is 10.7 Å². The Hall–Kier alpha value is -3.45. The van der Waals surface area contributed by atoms with Gasteiger partial charge in [0.1, 0.15) is 17.2 Å². The van der Waals surface area contributed by atoms with Crippen molar-refractivity contribution in [1.82, 2.24) is 9.88 Å². The standard InChI is InChI=1S/C25H22ClFN4O2/c1-24(13-19-5-3-4-8-29-19)14-25(22(32)31(2)23(28)30-25)20-11-15(6-7-21(20)33-24)16-9-17(26)12-18(27)10-16/h3-12H,13-14H2,1-2H3,(H2,28,30)/t24-,25?/m1/s1. The molecule has 0 bridgehead atoms. The third-order valence-corrected chi connectivity index (χ3v) is 6.41. The molecule has 168 valence electrons. The Bertz CT molecular complexity index is 1280. The molecule has 1 spiro atoms. The third kappa shape index (κ3) is 3.62. The molecule has 0 aliphatic carbocycles. The predicted octanol–water partition coefficient (Wildman–Crippen LogP) is 4.31. The van der Waals surface area contributed by atoms with E-state index in [4.69, 9.17) is 22.1 Å². The van der Waals surface area contributed by atoms with E-state index in [-0.39, 0.29) is 23.3 Å². The maximum atomic E-state index is 14.0. The van der Waals surface area contributed by atoms with Crippen LogP contribution in [0.25, 0.3) is 11.1 Å². The van der Waals surface area contributed by atoms with Gasteiger partial charge in [0.15, 0.2) is 11.5 Å². The van der Waals surface area contributed by atoms with Gasteiger partial charge in [0.05, 0.1) is 0 Å². The largest absolute Gasteiger partial charge is 0.487 e. The maximum absolute atomic E-state index is 14.0. The van der Waals surface area contributed by atoms with E-state index in [1.807, 2.05) is 37.3 Å². The summed E-state index contributed by atoms with van der Waals surface area (Å²) in [4.78, 5) is 24.0. The first kappa shape index (κ1) is 21.4. The van der Waals surface area contributed by atoms with Gasteiger partial charge in [-0.25, -0.2) is 9.38 Å². The molecule has 0 saturated heterocycles. The zero-order valence-corrected chi connectivity index (χ0v) is 18.9. The van der Waals surface area contributed by atoms with Crippen LogP contribution < -0.4 is 10.5 Å². The van der Waals surface area contributed by atoms with Crippen LogP contribution in [0.15, 0.2) is 65.8 Å². The van der Waals surface area contributed by atoms with Gasteiger partial charge in [-0.3, -0.25) is 14.7 Å². The first-order valence-corrected chi connectivity index (χ1v) is 10.9. The van der Waals surface area contributed by atoms with Crippen LogP contribution in [0.5, 0.6) is 5.75 Å². The Balaban J connectivity index is 1.65. The Kier molecular flexibility index (Phi) is 4.90. The minimum Gasteiger partial charge on any atom is -0.487 e. The van der Waals surface area contributed by atoms with E-state index in [0.717, 1.165) is 5.69 Å². The average molecular weight is 465 g/mol. The van der Waals surface area contributed by atoms with Crippen LogP contribution in [-0.2, 0) is 16.8 Å². The Morgan fingerprint density at radius 1 is 1.18 bits per heavy atom. The maximum Gasteiger partial charge on any atom is 0.261 e. The summed E-state index contributed by atoms with van der Waals surface area (Å²) < 4.78 is 20.5. The number of hydrogen-bond donors (Lipinski definition) is 1. The highest BCUT2D eigenvalue weighted by Crippen LogP contribution is 2.50. The number of amides is 1. The second-order valence-corrected chi connectivity index (χ2v) is 9.23. The highest BCUT2D eigenvalue weighted by molar-refractivity contribution is 6.30. The zero-order chi connectivity index (χ0) is 23.4. The molecule has 2 N–H and O–H groups in total. The number of aromatic nitrogens is 1. The molecule has 1 unspecified atom stereocenters. The molecule has 5 rings (SSSR count). The lowest BCUT2D eigenvalue weighted by Crippen LogP contribution is -2.51. The van der Waals surface area contributed by atoms with Gasteiger partial charge in [-0.1, -0.05) is 23.7 Å². The van der Waals surface area contributed by atoms with E-state index in [9.17, 15) is 9.18 Å². The Labute approximate surface area is 195 Å². The molecule has 8 heteroatoms. The molecule has 1 aromatic heterocycles. The molecule has 0 radical (unpaired) electrons. The first-order chi connectivity index (χ1) is 15.7. The summed E-state index contributed by atoms with van der Waals surface area (Å²) in [5.74, 6) is 0.00709. The van der Waals surface area contributed by atoms with Crippen LogP contribution in [0.1, 0.15) is 24.6 Å². The number of guanidine groups is 1. The lowest BCUT2D eigenvalue weighted by Gasteiger charge is -2.43. The molecular formula is C25H22ClFN4O2. The van der Waals surface area contributed by atoms with Crippen molar-refractivity contribution in [3.63, 3.8) is 0 Å². The summed E-state index contributed by atoms with van der Waals surface area (Å²) in [6.45, 7) is 1.95. The molecule has 2 aliphatic rings. The number of nitrogens with zero attached hydrogens (tertiary/aromatic N) is 3. The monoisotopic (exact) mass is 464 g/mol. The minimum absolute atomic E-state index is 0.146. The number of hydrogen-bond acceptors (Lipinski definition) is 5. The Morgan fingerprint density at radius 2 is 2.00 bits per heavy atom. The summed E-state index contributed by atoms with van der Waals surface area (Å²) in [5.41, 5.74) is 6.83. The average Bonchev–Trinajstić information content (AvgIpc) is 2.97. The smallest absolute Gasteiger partial charge is 0.261 e. The van der Waals surface area contributed by atoms with Gasteiger partial charge < -0.3 is 10.5 Å². The number of ether oxygens (including phenoxy) is 1. The summed E-state index contributed by atoms with van der Waals surface area (Å²) in [6.07, 6.45) is 2.50. The van der Waals surface area contributed by atoms with Crippen molar-refractivity contribution in [3.05, 3.63) is 82.9 Å². The van der Waals surface area contributed by atoms with E-state index in [2.05, 4.69) is 9.98 Å². The number of pyridine rings is 1. The molecular weight excluding hydrogens is 443 g/mol. The zero-order valence-electron chi connectivity index (χ0n) is 18.2. The molecule has 33 heavy (non-hydrogen) atoms. The lowest BCUT2D eigenvalue weighted by atomic mass is 9.74. The second-order valence-electron chi connectivity index (χ2n) is 8.79. The summed E-state index contributed by atoms with van der Waals surface area (Å²) in [6, 6.07) is 15.4. The molecule has 2 aliphatic heterocycles. The predicted molar refractivity (Wildman–Crippen MR) is 125 cm³/mol. The van der Waals surface area contributed by atoms with E-state index in [1.165, 1.54) is 17.0 Å². The number of nitrogens with two attached hydrogens (primary N) is 1. The van der Waals surface area contributed by atoms with Gasteiger partial charge >= 0.3 is 0 Å². The van der Waals surface area contributed by atoms with E-state index in [0.29, 0.717) is 28.9 Å². The van der Waals surface area contributed by atoms with E-state index in [1.54, 1.807) is 25.4 Å². The number of fused-ring (bicyclic) bond motifs is 2. The number of benzene rings is 2. The Morgan fingerprint density at radius 3 is 2.67 bits per heavy atom. The van der Waals surface area contributed by atoms with E-state index >= 15 is 0 Å². The summed E-state index contributed by atoms with van der Waals surface area (Å²) in [5, 5.41) is 0.288. The van der Waals surface area contributed by atoms with Crippen LogP contribution in [0.3, 0.4) is 0 Å². The highest BCUT2D eigenvalue weighted by atomic mass is 35.5. The van der Waals surface area contributed by atoms with Gasteiger partial charge in [-0.05, 0) is 60.5 Å². The van der Waals surface area contributed by atoms with Crippen molar-refractivity contribution >= 4 is 23.5 Å². The SMILES string of the molecule is CN1C(=O)C2(C[C@@](C)(Cc3ccccn3)Oc3ccc(-c4cc(F)cc(Cl)c4)cc32)N=C1N. The molecule has 1 amide bonds. The quantitative estimate of drug-likeness (QED) is 0.626. The summed E-state index contributed by atoms with van der Waals surface area (Å²) >= 11 is 6.07. The summed E-state index contributed by atoms with van der Waals surface area (Å²) in [7, 11) is 1.61. The van der Waals surface area contributed by atoms with Gasteiger partial charge in [0.25, 0.3) is 5.91 Å². The van der Waals surface area contributed by atoms with Crippen molar-refractivity contribution in [2.75, 3.05) is 7.05 Å². The first-order valence-electron chi connectivity index (χ1n) is 10.5. The van der Waals surface area contributed by atoms with Crippen LogP contribution >= 0.6 is 11.6 Å². The molecule has 0 saturated carbocycles. The number of aliphatic imine (C=N–C) groups is 1. The molecule has 2 aromatic carbocycles. The van der Waals surface area contributed by atoms with Crippen LogP contribution in [-0.4, -0.2) is 34.4 Å². The topological polar surface area (TPSA) is 80.8 Å². The fraction of sp³-hybridized carbons (Fsp3) is 0.240. The number of halogens is 2. The van der Waals surface area contributed by atoms with Gasteiger partial charge in [0, 0.05) is 42.4 Å². The number of likely N-dealkylation sites (N-methyl/N-ethyl adjacent to an activating group) is 1. The molecule has 6 nitrogen and oxygen atoms in total. The molecule has 3 aromatic rings. The minimum atomic E-state index is -1.25. The number of carbonyl (C=O) groups is 1. The number of carbonyl (C=O) groups excluding carboxylic acids is 1. The molecule has 0 fully saturated rings. The normalized spacial score (nSPS) is 23.9. The van der Waals surface area contributed by atoms with Crippen molar-refractivity contribution in [2.45, 2.75) is 30.9 Å². The molecule has 3 heterocycles. The fourth-order valence-corrected chi connectivity index (χ4v) is 4.98. The number of rotatable bonds is 3. The lowest BCUT2D eigenvalue weighted by molar-refractivity contribution is -0.133. The van der Waals surface area contributed by atoms with Crippen LogP contribution in [0.4, 0.5) is 4.39 Å². The van der Waals surface area contributed by atoms with Crippen LogP contribution in [0, 0.1) is 5.82 Å². The van der Waals surface area contributed by atoms with Crippen molar-refractivity contribution in [1.29, 1.82) is 0 Å². The second kappa shape index (κ2) is 7.56.